The van der Waals surface area contributed by atoms with E-state index in [1.807, 2.05) is 18.2 Å². The van der Waals surface area contributed by atoms with Crippen molar-refractivity contribution in [3.8, 4) is 0 Å². The summed E-state index contributed by atoms with van der Waals surface area (Å²) in [5.41, 5.74) is 8.13. The van der Waals surface area contributed by atoms with E-state index >= 15 is 0 Å². The average molecular weight is 320 g/mol. The number of fused-ring (bicyclic) bond motifs is 1. The summed E-state index contributed by atoms with van der Waals surface area (Å²) in [6.07, 6.45) is 2.35. The van der Waals surface area contributed by atoms with E-state index in [4.69, 9.17) is 17.3 Å². The van der Waals surface area contributed by atoms with Crippen molar-refractivity contribution in [3.05, 3.63) is 34.9 Å². The number of aromatic nitrogens is 1. The van der Waals surface area contributed by atoms with Crippen molar-refractivity contribution in [2.45, 2.75) is 39.5 Å². The van der Waals surface area contributed by atoms with Gasteiger partial charge in [-0.05, 0) is 62.2 Å². The first-order valence-electron chi connectivity index (χ1n) is 8.13. The summed E-state index contributed by atoms with van der Waals surface area (Å²) < 4.78 is 0. The van der Waals surface area contributed by atoms with Crippen molar-refractivity contribution in [1.82, 2.24) is 9.88 Å². The molecule has 3 nitrogen and oxygen atoms in total. The maximum Gasteiger partial charge on any atom is 0.124 e. The summed E-state index contributed by atoms with van der Waals surface area (Å²) in [6.45, 7) is 10.1. The van der Waals surface area contributed by atoms with Gasteiger partial charge in [-0.2, -0.15) is 0 Å². The molecule has 0 saturated heterocycles. The number of benzene rings is 1. The van der Waals surface area contributed by atoms with Gasteiger partial charge < -0.3 is 10.6 Å². The molecule has 0 saturated carbocycles. The highest BCUT2D eigenvalue weighted by Gasteiger charge is 2.12. The van der Waals surface area contributed by atoms with Gasteiger partial charge in [0.05, 0.1) is 5.52 Å². The molecule has 1 unspecified atom stereocenters. The first kappa shape index (κ1) is 17.0. The van der Waals surface area contributed by atoms with Crippen LogP contribution in [0.4, 0.5) is 5.82 Å². The van der Waals surface area contributed by atoms with Crippen LogP contribution in [0.15, 0.2) is 24.3 Å². The maximum absolute atomic E-state index is 6.07. The molecule has 1 heterocycles. The molecule has 0 fully saturated rings. The first-order chi connectivity index (χ1) is 10.5. The largest absolute Gasteiger partial charge is 0.384 e. The van der Waals surface area contributed by atoms with Crippen molar-refractivity contribution in [1.29, 1.82) is 0 Å². The van der Waals surface area contributed by atoms with Gasteiger partial charge in [-0.1, -0.05) is 38.4 Å². The summed E-state index contributed by atoms with van der Waals surface area (Å²) in [4.78, 5) is 6.86. The molecule has 0 aliphatic rings. The van der Waals surface area contributed by atoms with Crippen LogP contribution in [0.3, 0.4) is 0 Å². The monoisotopic (exact) mass is 319 g/mol. The first-order valence-corrected chi connectivity index (χ1v) is 8.51. The van der Waals surface area contributed by atoms with E-state index in [1.165, 1.54) is 12.0 Å². The number of hydrogen-bond acceptors (Lipinski definition) is 3. The van der Waals surface area contributed by atoms with E-state index in [2.05, 4.69) is 36.7 Å². The quantitative estimate of drug-likeness (QED) is 0.804. The molecule has 1 aromatic carbocycles. The van der Waals surface area contributed by atoms with Crippen molar-refractivity contribution in [2.24, 2.45) is 0 Å². The zero-order valence-electron chi connectivity index (χ0n) is 13.8. The van der Waals surface area contributed by atoms with Crippen LogP contribution < -0.4 is 5.73 Å². The molecule has 1 aromatic heterocycles. The van der Waals surface area contributed by atoms with E-state index in [1.54, 1.807) is 0 Å². The van der Waals surface area contributed by atoms with Gasteiger partial charge in [-0.15, -0.1) is 0 Å². The summed E-state index contributed by atoms with van der Waals surface area (Å²) in [6, 6.07) is 7.88. The lowest BCUT2D eigenvalue weighted by Gasteiger charge is -2.20. The highest BCUT2D eigenvalue weighted by atomic mass is 35.5. The molecule has 2 N–H and O–H groups in total. The Morgan fingerprint density at radius 3 is 2.64 bits per heavy atom. The van der Waals surface area contributed by atoms with Gasteiger partial charge in [0.2, 0.25) is 0 Å². The predicted molar refractivity (Wildman–Crippen MR) is 96.6 cm³/mol. The van der Waals surface area contributed by atoms with E-state index in [0.29, 0.717) is 16.8 Å². The zero-order valence-corrected chi connectivity index (χ0v) is 14.5. The Bertz CT molecular complexity index is 618. The van der Waals surface area contributed by atoms with E-state index < -0.39 is 0 Å². The lowest BCUT2D eigenvalue weighted by molar-refractivity contribution is 0.294. The van der Waals surface area contributed by atoms with Crippen LogP contribution in [0.2, 0.25) is 5.02 Å². The molecule has 0 radical (unpaired) electrons. The highest BCUT2D eigenvalue weighted by Crippen LogP contribution is 2.30. The Labute approximate surface area is 138 Å². The second-order valence-electron chi connectivity index (χ2n) is 5.87. The van der Waals surface area contributed by atoms with Gasteiger partial charge >= 0.3 is 0 Å². The van der Waals surface area contributed by atoms with Crippen LogP contribution in [0.5, 0.6) is 0 Å². The third-order valence-corrected chi connectivity index (χ3v) is 4.60. The normalized spacial score (nSPS) is 13.0. The molecule has 0 aliphatic carbocycles. The minimum atomic E-state index is 0.463. The van der Waals surface area contributed by atoms with Gasteiger partial charge in [-0.3, -0.25) is 0 Å². The standard InChI is InChI=1S/C18H26ClN3/c1-4-22(5-2)10-6-7-13(3)16-12-18(20)21-17-11-14(19)8-9-15(16)17/h8-9,11-13H,4-7,10H2,1-3H3,(H2,20,21). The van der Waals surface area contributed by atoms with Crippen LogP contribution in [-0.4, -0.2) is 29.5 Å². The molecule has 120 valence electrons. The average Bonchev–Trinajstić information content (AvgIpc) is 2.50. The second-order valence-corrected chi connectivity index (χ2v) is 6.30. The van der Waals surface area contributed by atoms with Crippen molar-refractivity contribution >= 4 is 28.3 Å². The highest BCUT2D eigenvalue weighted by molar-refractivity contribution is 6.31. The number of nitrogens with two attached hydrogens (primary N) is 1. The van der Waals surface area contributed by atoms with Crippen molar-refractivity contribution < 1.29 is 0 Å². The molecule has 2 aromatic rings. The van der Waals surface area contributed by atoms with Crippen molar-refractivity contribution in [2.75, 3.05) is 25.4 Å². The minimum Gasteiger partial charge on any atom is -0.384 e. The molecule has 0 aliphatic heterocycles. The number of nitrogens with zero attached hydrogens (tertiary/aromatic N) is 2. The zero-order chi connectivity index (χ0) is 16.1. The molecule has 0 spiro atoms. The molecule has 1 atom stereocenters. The van der Waals surface area contributed by atoms with Crippen molar-refractivity contribution in [3.63, 3.8) is 0 Å². The number of rotatable bonds is 7. The number of halogens is 1. The Kier molecular flexibility index (Phi) is 6.04. The fourth-order valence-corrected chi connectivity index (χ4v) is 3.14. The topological polar surface area (TPSA) is 42.1 Å². The van der Waals surface area contributed by atoms with Gasteiger partial charge in [0.1, 0.15) is 5.82 Å². The molecule has 0 bridgehead atoms. The summed E-state index contributed by atoms with van der Waals surface area (Å²) in [5, 5.41) is 1.86. The van der Waals surface area contributed by atoms with Crippen LogP contribution in [0.25, 0.3) is 10.9 Å². The minimum absolute atomic E-state index is 0.463. The van der Waals surface area contributed by atoms with Crippen LogP contribution >= 0.6 is 11.6 Å². The van der Waals surface area contributed by atoms with E-state index in [9.17, 15) is 0 Å². The Morgan fingerprint density at radius 1 is 1.23 bits per heavy atom. The summed E-state index contributed by atoms with van der Waals surface area (Å²) in [5.74, 6) is 1.03. The SMILES string of the molecule is CCN(CC)CCCC(C)c1cc(N)nc2cc(Cl)ccc12. The molecule has 4 heteroatoms. The summed E-state index contributed by atoms with van der Waals surface area (Å²) in [7, 11) is 0. The van der Waals surface area contributed by atoms with Gasteiger partial charge in [0.15, 0.2) is 0 Å². The number of nitrogen functional groups attached to an aromatic ring is 1. The number of anilines is 1. The fourth-order valence-electron chi connectivity index (χ4n) is 2.97. The Balaban J connectivity index is 2.15. The Morgan fingerprint density at radius 2 is 1.95 bits per heavy atom. The molecule has 22 heavy (non-hydrogen) atoms. The van der Waals surface area contributed by atoms with Crippen LogP contribution in [0.1, 0.15) is 45.1 Å². The van der Waals surface area contributed by atoms with E-state index in [0.717, 1.165) is 37.0 Å². The molecule has 0 amide bonds. The fraction of sp³-hybridized carbons (Fsp3) is 0.500. The third-order valence-electron chi connectivity index (χ3n) is 4.36. The summed E-state index contributed by atoms with van der Waals surface area (Å²) >= 11 is 6.07. The molecular weight excluding hydrogens is 294 g/mol. The van der Waals surface area contributed by atoms with Crippen LogP contribution in [-0.2, 0) is 0 Å². The molecule has 2 rings (SSSR count). The third kappa shape index (κ3) is 4.11. The second kappa shape index (κ2) is 7.80. The van der Waals surface area contributed by atoms with Gasteiger partial charge in [0.25, 0.3) is 0 Å². The predicted octanol–water partition coefficient (Wildman–Crippen LogP) is 4.70. The lowest BCUT2D eigenvalue weighted by atomic mass is 9.93. The maximum atomic E-state index is 6.07. The van der Waals surface area contributed by atoms with E-state index in [-0.39, 0.29) is 0 Å². The lowest BCUT2D eigenvalue weighted by Crippen LogP contribution is -2.24. The Hall–Kier alpha value is -1.32. The number of pyridine rings is 1. The molecular formula is C18H26ClN3. The van der Waals surface area contributed by atoms with Gasteiger partial charge in [0, 0.05) is 10.4 Å². The van der Waals surface area contributed by atoms with Gasteiger partial charge in [-0.25, -0.2) is 4.98 Å². The number of hydrogen-bond donors (Lipinski definition) is 1. The van der Waals surface area contributed by atoms with Crippen LogP contribution in [0, 0.1) is 0 Å². The smallest absolute Gasteiger partial charge is 0.124 e.